The van der Waals surface area contributed by atoms with Crippen LogP contribution in [0, 0.1) is 0 Å². The molecule has 28 heavy (non-hydrogen) atoms. The van der Waals surface area contributed by atoms with Crippen molar-refractivity contribution >= 4 is 17.7 Å². The molecular formula is C21H24N2O5. The zero-order chi connectivity index (χ0) is 19.8. The molecule has 1 amide bonds. The maximum atomic E-state index is 12.3. The second-order valence-corrected chi connectivity index (χ2v) is 6.33. The summed E-state index contributed by atoms with van der Waals surface area (Å²) in [6.07, 6.45) is -0.482. The lowest BCUT2D eigenvalue weighted by molar-refractivity contribution is -0.145. The summed E-state index contributed by atoms with van der Waals surface area (Å²) >= 11 is 0. The molecule has 1 fully saturated rings. The van der Waals surface area contributed by atoms with E-state index in [2.05, 4.69) is 5.32 Å². The molecule has 0 radical (unpaired) electrons. The van der Waals surface area contributed by atoms with Gasteiger partial charge in [-0.1, -0.05) is 48.5 Å². The first-order chi connectivity index (χ1) is 13.7. The molecule has 3 rings (SSSR count). The molecule has 7 nitrogen and oxygen atoms in total. The topological polar surface area (TPSA) is 77.1 Å². The van der Waals surface area contributed by atoms with E-state index in [1.807, 2.05) is 60.7 Å². The molecule has 0 spiro atoms. The number of hydrogen-bond donors (Lipinski definition) is 1. The number of alkyl carbamates (subject to hydrolysis) is 1. The summed E-state index contributed by atoms with van der Waals surface area (Å²) in [6.45, 7) is 2.49. The van der Waals surface area contributed by atoms with Crippen LogP contribution in [0.4, 0.5) is 10.5 Å². The molecule has 0 bridgehead atoms. The Morgan fingerprint density at radius 2 is 1.75 bits per heavy atom. The Kier molecular flexibility index (Phi) is 6.86. The standard InChI is InChI=1S/C21H24N2O5/c1-2-26-20(24)19-13-18(28-23(19)17-11-7-4-8-12-17)14-22-21(25)27-15-16-9-5-3-6-10-16/h3-12,18-19H,2,13-15H2,1H3,(H,22,25)/t18-,19+/m1/s1. The van der Waals surface area contributed by atoms with Gasteiger partial charge in [0, 0.05) is 13.0 Å². The van der Waals surface area contributed by atoms with Crippen molar-refractivity contribution in [2.45, 2.75) is 32.1 Å². The Morgan fingerprint density at radius 3 is 2.43 bits per heavy atom. The average molecular weight is 384 g/mol. The van der Waals surface area contributed by atoms with Gasteiger partial charge in [0.15, 0.2) is 6.04 Å². The van der Waals surface area contributed by atoms with Crippen molar-refractivity contribution in [1.29, 1.82) is 0 Å². The lowest BCUT2D eigenvalue weighted by Gasteiger charge is -2.23. The van der Waals surface area contributed by atoms with Crippen LogP contribution in [0.2, 0.25) is 0 Å². The van der Waals surface area contributed by atoms with E-state index in [9.17, 15) is 9.59 Å². The molecule has 1 N–H and O–H groups in total. The summed E-state index contributed by atoms with van der Waals surface area (Å²) in [5, 5.41) is 4.25. The van der Waals surface area contributed by atoms with E-state index >= 15 is 0 Å². The van der Waals surface area contributed by atoms with E-state index in [0.717, 1.165) is 11.3 Å². The lowest BCUT2D eigenvalue weighted by atomic mass is 10.1. The van der Waals surface area contributed by atoms with Gasteiger partial charge in [-0.15, -0.1) is 0 Å². The fourth-order valence-corrected chi connectivity index (χ4v) is 2.96. The summed E-state index contributed by atoms with van der Waals surface area (Å²) in [7, 11) is 0. The van der Waals surface area contributed by atoms with Gasteiger partial charge in [0.05, 0.1) is 12.3 Å². The minimum Gasteiger partial charge on any atom is -0.464 e. The molecule has 1 aliphatic rings. The summed E-state index contributed by atoms with van der Waals surface area (Å²) < 4.78 is 10.4. The van der Waals surface area contributed by atoms with E-state index in [-0.39, 0.29) is 25.2 Å². The monoisotopic (exact) mass is 384 g/mol. The van der Waals surface area contributed by atoms with Gasteiger partial charge in [0.1, 0.15) is 12.7 Å². The summed E-state index contributed by atoms with van der Waals surface area (Å²) in [5.74, 6) is -0.347. The SMILES string of the molecule is CCOC(=O)[C@@H]1C[C@H](CNC(=O)OCc2ccccc2)ON1c1ccccc1. The third kappa shape index (κ3) is 5.23. The van der Waals surface area contributed by atoms with E-state index in [0.29, 0.717) is 13.0 Å². The largest absolute Gasteiger partial charge is 0.464 e. The number of esters is 1. The van der Waals surface area contributed by atoms with Gasteiger partial charge < -0.3 is 14.8 Å². The first-order valence-electron chi connectivity index (χ1n) is 9.29. The Labute approximate surface area is 164 Å². The van der Waals surface area contributed by atoms with Crippen LogP contribution in [-0.4, -0.2) is 37.4 Å². The smallest absolute Gasteiger partial charge is 0.407 e. The molecular weight excluding hydrogens is 360 g/mol. The number of rotatable bonds is 7. The molecule has 1 aliphatic heterocycles. The number of hydrogen-bond acceptors (Lipinski definition) is 6. The number of para-hydroxylation sites is 1. The first kappa shape index (κ1) is 19.7. The molecule has 2 atom stereocenters. The quantitative estimate of drug-likeness (QED) is 0.740. The van der Waals surface area contributed by atoms with Crippen molar-refractivity contribution in [3.63, 3.8) is 0 Å². The molecule has 7 heteroatoms. The Morgan fingerprint density at radius 1 is 1.07 bits per heavy atom. The van der Waals surface area contributed by atoms with Crippen molar-refractivity contribution < 1.29 is 23.9 Å². The Balaban J connectivity index is 1.54. The third-order valence-electron chi connectivity index (χ3n) is 4.29. The zero-order valence-corrected chi connectivity index (χ0v) is 15.7. The molecule has 2 aromatic rings. The number of nitrogens with one attached hydrogen (secondary N) is 1. The number of nitrogens with zero attached hydrogens (tertiary/aromatic N) is 1. The maximum Gasteiger partial charge on any atom is 0.407 e. The van der Waals surface area contributed by atoms with Crippen LogP contribution in [0.3, 0.4) is 0 Å². The van der Waals surface area contributed by atoms with Gasteiger partial charge >= 0.3 is 12.1 Å². The van der Waals surface area contributed by atoms with Crippen LogP contribution in [0.15, 0.2) is 60.7 Å². The highest BCUT2D eigenvalue weighted by Crippen LogP contribution is 2.28. The van der Waals surface area contributed by atoms with Crippen molar-refractivity contribution in [3.8, 4) is 0 Å². The van der Waals surface area contributed by atoms with Gasteiger partial charge in [-0.05, 0) is 24.6 Å². The minimum atomic E-state index is -0.561. The highest BCUT2D eigenvalue weighted by atomic mass is 16.7. The first-order valence-corrected chi connectivity index (χ1v) is 9.29. The van der Waals surface area contributed by atoms with Gasteiger partial charge in [0.2, 0.25) is 0 Å². The van der Waals surface area contributed by atoms with Gasteiger partial charge in [-0.2, -0.15) is 0 Å². The normalized spacial score (nSPS) is 18.5. The molecule has 0 unspecified atom stereocenters. The highest BCUT2D eigenvalue weighted by Gasteiger charge is 2.39. The molecule has 0 saturated carbocycles. The summed E-state index contributed by atoms with van der Waals surface area (Å²) in [6, 6.07) is 18.2. The van der Waals surface area contributed by atoms with Crippen LogP contribution >= 0.6 is 0 Å². The molecule has 1 heterocycles. The lowest BCUT2D eigenvalue weighted by Crippen LogP contribution is -2.36. The van der Waals surface area contributed by atoms with Crippen LogP contribution in [-0.2, 0) is 25.7 Å². The minimum absolute atomic E-state index is 0.194. The molecule has 2 aromatic carbocycles. The van der Waals surface area contributed by atoms with Gasteiger partial charge in [-0.25, -0.2) is 14.7 Å². The Hall–Kier alpha value is -3.06. The Bertz CT molecular complexity index is 769. The predicted octanol–water partition coefficient (Wildman–Crippen LogP) is 3.06. The number of carbonyl (C=O) groups is 2. The average Bonchev–Trinajstić information content (AvgIpc) is 3.17. The highest BCUT2D eigenvalue weighted by molar-refractivity contribution is 5.80. The fourth-order valence-electron chi connectivity index (χ4n) is 2.96. The molecule has 0 aromatic heterocycles. The van der Waals surface area contributed by atoms with Crippen molar-refractivity contribution in [1.82, 2.24) is 5.32 Å². The fraction of sp³-hybridized carbons (Fsp3) is 0.333. The third-order valence-corrected chi connectivity index (χ3v) is 4.29. The summed E-state index contributed by atoms with van der Waals surface area (Å²) in [4.78, 5) is 30.2. The van der Waals surface area contributed by atoms with Gasteiger partial charge in [-0.3, -0.25) is 4.84 Å². The van der Waals surface area contributed by atoms with Gasteiger partial charge in [0.25, 0.3) is 0 Å². The van der Waals surface area contributed by atoms with Crippen LogP contribution < -0.4 is 10.4 Å². The predicted molar refractivity (Wildman–Crippen MR) is 103 cm³/mol. The van der Waals surface area contributed by atoms with E-state index < -0.39 is 12.1 Å². The number of anilines is 1. The number of carbonyl (C=O) groups excluding carboxylic acids is 2. The number of benzene rings is 2. The van der Waals surface area contributed by atoms with Crippen LogP contribution in [0.1, 0.15) is 18.9 Å². The number of hydroxylamine groups is 1. The second kappa shape index (κ2) is 9.75. The molecule has 148 valence electrons. The molecule has 1 saturated heterocycles. The second-order valence-electron chi connectivity index (χ2n) is 6.33. The zero-order valence-electron chi connectivity index (χ0n) is 15.7. The van der Waals surface area contributed by atoms with E-state index in [1.165, 1.54) is 0 Å². The van der Waals surface area contributed by atoms with E-state index in [4.69, 9.17) is 14.3 Å². The number of amides is 1. The van der Waals surface area contributed by atoms with Crippen molar-refractivity contribution in [3.05, 3.63) is 66.2 Å². The number of ether oxygens (including phenoxy) is 2. The van der Waals surface area contributed by atoms with Crippen LogP contribution in [0.5, 0.6) is 0 Å². The van der Waals surface area contributed by atoms with E-state index in [1.54, 1.807) is 12.0 Å². The van der Waals surface area contributed by atoms with Crippen LogP contribution in [0.25, 0.3) is 0 Å². The van der Waals surface area contributed by atoms with Crippen molar-refractivity contribution in [2.75, 3.05) is 18.2 Å². The summed E-state index contributed by atoms with van der Waals surface area (Å²) in [5.41, 5.74) is 1.67. The molecule has 0 aliphatic carbocycles. The van der Waals surface area contributed by atoms with Crippen molar-refractivity contribution in [2.24, 2.45) is 0 Å². The maximum absolute atomic E-state index is 12.3.